The number of rotatable bonds is 8. The van der Waals surface area contributed by atoms with Crippen LogP contribution in [-0.4, -0.2) is 34.9 Å². The number of para-hydroxylation sites is 2. The van der Waals surface area contributed by atoms with Gasteiger partial charge in [0.25, 0.3) is 5.56 Å². The molecule has 0 aliphatic carbocycles. The summed E-state index contributed by atoms with van der Waals surface area (Å²) in [5.74, 6) is -1.08. The number of nitrogens with zero attached hydrogens (tertiary/aromatic N) is 2. The maximum Gasteiger partial charge on any atom is 0.422 e. The van der Waals surface area contributed by atoms with Gasteiger partial charge in [0.1, 0.15) is 17.1 Å². The Hall–Kier alpha value is -3.20. The molecule has 0 aliphatic rings. The van der Waals surface area contributed by atoms with Crippen molar-refractivity contribution in [3.05, 3.63) is 75.8 Å². The van der Waals surface area contributed by atoms with E-state index >= 15 is 0 Å². The van der Waals surface area contributed by atoms with Gasteiger partial charge in [-0.2, -0.15) is 22.9 Å². The van der Waals surface area contributed by atoms with E-state index in [0.29, 0.717) is 22.4 Å². The van der Waals surface area contributed by atoms with E-state index in [1.54, 1.807) is 19.1 Å². The number of halogens is 4. The average molecular weight is 478 g/mol. The van der Waals surface area contributed by atoms with Gasteiger partial charge >= 0.3 is 6.18 Å². The lowest BCUT2D eigenvalue weighted by atomic mass is 9.83. The first-order valence-electron chi connectivity index (χ1n) is 10.9. The first-order chi connectivity index (χ1) is 16.1. The summed E-state index contributed by atoms with van der Waals surface area (Å²) in [7, 11) is 1.45. The second-order valence-corrected chi connectivity index (χ2v) is 8.03. The Labute approximate surface area is 194 Å². The molecule has 34 heavy (non-hydrogen) atoms. The Morgan fingerprint density at radius 3 is 2.44 bits per heavy atom. The van der Waals surface area contributed by atoms with Gasteiger partial charge in [0.15, 0.2) is 5.60 Å². The van der Waals surface area contributed by atoms with Crippen molar-refractivity contribution < 1.29 is 27.4 Å². The van der Waals surface area contributed by atoms with Crippen LogP contribution >= 0.6 is 0 Å². The Morgan fingerprint density at radius 1 is 1.12 bits per heavy atom. The maximum absolute atomic E-state index is 14.4. The number of aryl methyl sites for hydroxylation is 1. The SMILES string of the molecule is CCc1cccc(C(CC)CC(O)(C=Nn2c(=O)ccc3cccc(F)c32)C(F)(F)F)c1OC. The number of aromatic nitrogens is 1. The van der Waals surface area contributed by atoms with Gasteiger partial charge in [0, 0.05) is 11.5 Å². The number of hydrogen-bond donors (Lipinski definition) is 1. The lowest BCUT2D eigenvalue weighted by Gasteiger charge is -2.31. The quantitative estimate of drug-likeness (QED) is 0.347. The predicted molar refractivity (Wildman–Crippen MR) is 123 cm³/mol. The van der Waals surface area contributed by atoms with Crippen LogP contribution in [-0.2, 0) is 6.42 Å². The molecule has 2 aromatic carbocycles. The number of hydrogen-bond acceptors (Lipinski definition) is 4. The minimum atomic E-state index is -5.10. The van der Waals surface area contributed by atoms with Gasteiger partial charge in [0.05, 0.1) is 13.3 Å². The molecule has 182 valence electrons. The highest BCUT2D eigenvalue weighted by Crippen LogP contribution is 2.41. The number of methoxy groups -OCH3 is 1. The first-order valence-corrected chi connectivity index (χ1v) is 10.9. The van der Waals surface area contributed by atoms with Gasteiger partial charge < -0.3 is 9.84 Å². The topological polar surface area (TPSA) is 63.8 Å². The summed E-state index contributed by atoms with van der Waals surface area (Å²) in [6.45, 7) is 3.61. The second kappa shape index (κ2) is 9.97. The lowest BCUT2D eigenvalue weighted by molar-refractivity contribution is -0.232. The van der Waals surface area contributed by atoms with Crippen LogP contribution in [0.2, 0.25) is 0 Å². The number of aliphatic hydroxyl groups is 1. The molecule has 9 heteroatoms. The third-order valence-electron chi connectivity index (χ3n) is 5.92. The van der Waals surface area contributed by atoms with E-state index < -0.39 is 35.5 Å². The molecule has 0 bridgehead atoms. The van der Waals surface area contributed by atoms with Crippen LogP contribution in [0.5, 0.6) is 5.75 Å². The average Bonchev–Trinajstić information content (AvgIpc) is 2.81. The first kappa shape index (κ1) is 25.4. The summed E-state index contributed by atoms with van der Waals surface area (Å²) >= 11 is 0. The molecule has 1 heterocycles. The van der Waals surface area contributed by atoms with E-state index in [1.807, 2.05) is 13.0 Å². The molecule has 2 unspecified atom stereocenters. The summed E-state index contributed by atoms with van der Waals surface area (Å²) in [5.41, 5.74) is -3.12. The molecule has 3 rings (SSSR count). The van der Waals surface area contributed by atoms with E-state index in [-0.39, 0.29) is 23.5 Å². The Morgan fingerprint density at radius 2 is 1.82 bits per heavy atom. The molecule has 0 spiro atoms. The van der Waals surface area contributed by atoms with Crippen LogP contribution in [0, 0.1) is 5.82 Å². The zero-order valence-corrected chi connectivity index (χ0v) is 19.1. The summed E-state index contributed by atoms with van der Waals surface area (Å²) in [5, 5.41) is 14.7. The fraction of sp³-hybridized carbons (Fsp3) is 0.360. The molecule has 1 N–H and O–H groups in total. The van der Waals surface area contributed by atoms with Crippen molar-refractivity contribution in [1.82, 2.24) is 4.68 Å². The van der Waals surface area contributed by atoms with E-state index in [9.17, 15) is 27.5 Å². The molecule has 0 aliphatic heterocycles. The van der Waals surface area contributed by atoms with Crippen molar-refractivity contribution in [2.24, 2.45) is 5.10 Å². The third-order valence-corrected chi connectivity index (χ3v) is 5.92. The molecule has 0 fully saturated rings. The molecule has 5 nitrogen and oxygen atoms in total. The third kappa shape index (κ3) is 4.84. The van der Waals surface area contributed by atoms with Crippen LogP contribution in [0.4, 0.5) is 17.6 Å². The van der Waals surface area contributed by atoms with Gasteiger partial charge in [-0.3, -0.25) is 4.79 Å². The minimum absolute atomic E-state index is 0.276. The van der Waals surface area contributed by atoms with E-state index in [2.05, 4.69) is 5.10 Å². The lowest BCUT2D eigenvalue weighted by Crippen LogP contribution is -2.48. The molecule has 2 atom stereocenters. The van der Waals surface area contributed by atoms with Crippen LogP contribution in [0.15, 0.2) is 58.4 Å². The van der Waals surface area contributed by atoms with Gasteiger partial charge in [0.2, 0.25) is 0 Å². The fourth-order valence-corrected chi connectivity index (χ4v) is 4.04. The fourth-order valence-electron chi connectivity index (χ4n) is 4.04. The Bertz CT molecular complexity index is 1250. The smallest absolute Gasteiger partial charge is 0.422 e. The Balaban J connectivity index is 2.10. The number of ether oxygens (including phenoxy) is 1. The number of pyridine rings is 1. The summed E-state index contributed by atoms with van der Waals surface area (Å²) < 4.78 is 62.7. The Kier molecular flexibility index (Phi) is 7.45. The van der Waals surface area contributed by atoms with Crippen LogP contribution < -0.4 is 10.3 Å². The monoisotopic (exact) mass is 478 g/mol. The van der Waals surface area contributed by atoms with Crippen molar-refractivity contribution in [2.45, 2.75) is 50.8 Å². The van der Waals surface area contributed by atoms with Gasteiger partial charge in [-0.15, -0.1) is 0 Å². The summed E-state index contributed by atoms with van der Waals surface area (Å²) in [6.07, 6.45) is -4.69. The zero-order valence-electron chi connectivity index (χ0n) is 19.1. The molecule has 0 radical (unpaired) electrons. The van der Waals surface area contributed by atoms with Gasteiger partial charge in [-0.25, -0.2) is 4.39 Å². The normalized spacial score (nSPS) is 14.9. The highest BCUT2D eigenvalue weighted by Gasteiger charge is 2.54. The van der Waals surface area contributed by atoms with Crippen molar-refractivity contribution in [1.29, 1.82) is 0 Å². The van der Waals surface area contributed by atoms with E-state index in [0.717, 1.165) is 17.7 Å². The summed E-state index contributed by atoms with van der Waals surface area (Å²) in [4.78, 5) is 12.3. The van der Waals surface area contributed by atoms with E-state index in [4.69, 9.17) is 4.74 Å². The van der Waals surface area contributed by atoms with Gasteiger partial charge in [-0.05, 0) is 48.4 Å². The van der Waals surface area contributed by atoms with E-state index in [1.165, 1.54) is 25.3 Å². The number of fused-ring (bicyclic) bond motifs is 1. The number of benzene rings is 2. The zero-order chi connectivity index (χ0) is 25.1. The van der Waals surface area contributed by atoms with Crippen molar-refractivity contribution >= 4 is 17.1 Å². The van der Waals surface area contributed by atoms with Crippen molar-refractivity contribution in [2.75, 3.05) is 7.11 Å². The number of alkyl halides is 3. The highest BCUT2D eigenvalue weighted by atomic mass is 19.4. The molecule has 1 aromatic heterocycles. The van der Waals surface area contributed by atoms with Crippen LogP contribution in [0.3, 0.4) is 0 Å². The second-order valence-electron chi connectivity index (χ2n) is 8.03. The molecular weight excluding hydrogens is 452 g/mol. The molecule has 0 amide bonds. The maximum atomic E-state index is 14.4. The standard InChI is InChI=1S/C25H26F4N2O3/c1-4-16-8-6-10-19(23(16)34-3)17(5-2)14-24(33,25(27,28)29)15-30-31-21(32)13-12-18-9-7-11-20(26)22(18)31/h6-13,15,17,33H,4-5,14H2,1-3H3. The summed E-state index contributed by atoms with van der Waals surface area (Å²) in [6, 6.07) is 11.6. The van der Waals surface area contributed by atoms with Crippen molar-refractivity contribution in [3.8, 4) is 5.75 Å². The minimum Gasteiger partial charge on any atom is -0.496 e. The van der Waals surface area contributed by atoms with Crippen LogP contribution in [0.1, 0.15) is 43.7 Å². The molecule has 3 aromatic rings. The predicted octanol–water partition coefficient (Wildman–Crippen LogP) is 5.42. The molecule has 0 saturated carbocycles. The molecular formula is C25H26F4N2O3. The molecule has 0 saturated heterocycles. The van der Waals surface area contributed by atoms with Crippen LogP contribution in [0.25, 0.3) is 10.9 Å². The highest BCUT2D eigenvalue weighted by molar-refractivity contribution is 5.80. The van der Waals surface area contributed by atoms with Gasteiger partial charge in [-0.1, -0.05) is 44.2 Å². The largest absolute Gasteiger partial charge is 0.496 e. The van der Waals surface area contributed by atoms with Crippen molar-refractivity contribution in [3.63, 3.8) is 0 Å².